The monoisotopic (exact) mass is 447 g/mol. The van der Waals surface area contributed by atoms with Crippen molar-refractivity contribution in [2.75, 3.05) is 22.1 Å². The molecule has 166 valence electrons. The lowest BCUT2D eigenvalue weighted by Crippen LogP contribution is -2.42. The molecule has 0 radical (unpaired) electrons. The first-order valence-corrected chi connectivity index (χ1v) is 9.76. The van der Waals surface area contributed by atoms with Crippen molar-refractivity contribution in [3.63, 3.8) is 0 Å². The molecule has 0 spiro atoms. The molecule has 1 heterocycles. The summed E-state index contributed by atoms with van der Waals surface area (Å²) in [5.74, 6) is -1.23. The Bertz CT molecular complexity index is 1270. The van der Waals surface area contributed by atoms with Gasteiger partial charge in [0.15, 0.2) is 5.69 Å². The standard InChI is InChI=1S/C22H17N5O6/c1-13-6-8-15(9-7-13)23-21-18(26(30)31)10-14(11-19(21)27(32)33)22(29)25-12-20(28)24-16-4-2-3-5-17(16)25/h2-11,23H,12H2,1H3,(H,24,28). The fourth-order valence-corrected chi connectivity index (χ4v) is 3.50. The van der Waals surface area contributed by atoms with Gasteiger partial charge in [-0.25, -0.2) is 0 Å². The normalized spacial score (nSPS) is 12.5. The molecule has 0 atom stereocenters. The van der Waals surface area contributed by atoms with Gasteiger partial charge in [0.2, 0.25) is 5.91 Å². The summed E-state index contributed by atoms with van der Waals surface area (Å²) in [5, 5.41) is 29.0. The molecule has 4 rings (SSSR count). The van der Waals surface area contributed by atoms with Crippen LogP contribution >= 0.6 is 0 Å². The lowest BCUT2D eigenvalue weighted by Gasteiger charge is -2.29. The number of nitro benzene ring substituents is 2. The minimum Gasteiger partial charge on any atom is -0.344 e. The molecule has 0 saturated carbocycles. The molecule has 0 unspecified atom stereocenters. The van der Waals surface area contributed by atoms with Crippen molar-refractivity contribution in [3.8, 4) is 0 Å². The van der Waals surface area contributed by atoms with E-state index in [1.165, 1.54) is 0 Å². The molecule has 0 aromatic heterocycles. The molecule has 0 saturated heterocycles. The van der Waals surface area contributed by atoms with Gasteiger partial charge in [0, 0.05) is 17.8 Å². The van der Waals surface area contributed by atoms with E-state index in [9.17, 15) is 29.8 Å². The zero-order valence-corrected chi connectivity index (χ0v) is 17.3. The van der Waals surface area contributed by atoms with Crippen LogP contribution in [0.2, 0.25) is 0 Å². The largest absolute Gasteiger partial charge is 0.344 e. The molecule has 3 aromatic rings. The van der Waals surface area contributed by atoms with E-state index < -0.39 is 33.0 Å². The number of amides is 2. The second-order valence-corrected chi connectivity index (χ2v) is 7.35. The fourth-order valence-electron chi connectivity index (χ4n) is 3.50. The Kier molecular flexibility index (Phi) is 5.44. The highest BCUT2D eigenvalue weighted by Gasteiger charge is 2.33. The Hall–Kier alpha value is -4.80. The molecule has 0 fully saturated rings. The summed E-state index contributed by atoms with van der Waals surface area (Å²) in [6.07, 6.45) is 0. The van der Waals surface area contributed by atoms with Crippen molar-refractivity contribution in [3.05, 3.63) is 92.0 Å². The van der Waals surface area contributed by atoms with Crippen LogP contribution in [0.4, 0.5) is 34.1 Å². The number of hydrogen-bond donors (Lipinski definition) is 2. The molecule has 2 N–H and O–H groups in total. The quantitative estimate of drug-likeness (QED) is 0.441. The highest BCUT2D eigenvalue weighted by Crippen LogP contribution is 2.39. The van der Waals surface area contributed by atoms with Gasteiger partial charge < -0.3 is 10.6 Å². The van der Waals surface area contributed by atoms with Gasteiger partial charge in [0.05, 0.1) is 26.8 Å². The highest BCUT2D eigenvalue weighted by atomic mass is 16.6. The zero-order valence-electron chi connectivity index (χ0n) is 17.3. The van der Waals surface area contributed by atoms with Crippen LogP contribution in [0.5, 0.6) is 0 Å². The lowest BCUT2D eigenvalue weighted by atomic mass is 10.1. The molecule has 3 aromatic carbocycles. The van der Waals surface area contributed by atoms with E-state index in [4.69, 9.17) is 0 Å². The Morgan fingerprint density at radius 2 is 1.61 bits per heavy atom. The van der Waals surface area contributed by atoms with Crippen molar-refractivity contribution >= 4 is 45.9 Å². The van der Waals surface area contributed by atoms with Gasteiger partial charge in [-0.2, -0.15) is 0 Å². The van der Waals surface area contributed by atoms with Crippen LogP contribution in [0.25, 0.3) is 0 Å². The number of para-hydroxylation sites is 2. The number of benzene rings is 3. The van der Waals surface area contributed by atoms with E-state index in [0.717, 1.165) is 22.6 Å². The number of nitrogens with one attached hydrogen (secondary N) is 2. The van der Waals surface area contributed by atoms with Crippen LogP contribution in [0.15, 0.2) is 60.7 Å². The summed E-state index contributed by atoms with van der Waals surface area (Å²) in [5.41, 5.74) is 0.224. The maximum absolute atomic E-state index is 13.2. The van der Waals surface area contributed by atoms with E-state index in [0.29, 0.717) is 17.1 Å². The summed E-state index contributed by atoms with van der Waals surface area (Å²) in [7, 11) is 0. The van der Waals surface area contributed by atoms with E-state index in [1.54, 1.807) is 48.5 Å². The maximum Gasteiger partial charge on any atom is 0.300 e. The lowest BCUT2D eigenvalue weighted by molar-refractivity contribution is -0.392. The number of fused-ring (bicyclic) bond motifs is 1. The SMILES string of the molecule is Cc1ccc(Nc2c([N+](=O)[O-])cc(C(=O)N3CC(=O)Nc4ccccc43)cc2[N+](=O)[O-])cc1. The molecule has 2 amide bonds. The van der Waals surface area contributed by atoms with Crippen LogP contribution in [0, 0.1) is 27.2 Å². The summed E-state index contributed by atoms with van der Waals surface area (Å²) in [4.78, 5) is 48.4. The van der Waals surface area contributed by atoms with Crippen molar-refractivity contribution in [2.24, 2.45) is 0 Å². The molecule has 1 aliphatic rings. The molecule has 11 heteroatoms. The average molecular weight is 447 g/mol. The van der Waals surface area contributed by atoms with Gasteiger partial charge in [-0.05, 0) is 31.2 Å². The van der Waals surface area contributed by atoms with Gasteiger partial charge in [-0.15, -0.1) is 0 Å². The predicted molar refractivity (Wildman–Crippen MR) is 121 cm³/mol. The maximum atomic E-state index is 13.2. The minimum absolute atomic E-state index is 0.285. The molecular weight excluding hydrogens is 430 g/mol. The van der Waals surface area contributed by atoms with Gasteiger partial charge in [-0.1, -0.05) is 29.8 Å². The second kappa shape index (κ2) is 8.38. The Morgan fingerprint density at radius 1 is 1.00 bits per heavy atom. The first-order chi connectivity index (χ1) is 15.7. The first kappa shape index (κ1) is 21.4. The van der Waals surface area contributed by atoms with Crippen LogP contribution in [0.3, 0.4) is 0 Å². The van der Waals surface area contributed by atoms with E-state index in [-0.39, 0.29) is 17.8 Å². The molecule has 11 nitrogen and oxygen atoms in total. The number of carbonyl (C=O) groups excluding carboxylic acids is 2. The second-order valence-electron chi connectivity index (χ2n) is 7.35. The van der Waals surface area contributed by atoms with Crippen molar-refractivity contribution in [1.29, 1.82) is 0 Å². The third kappa shape index (κ3) is 4.19. The van der Waals surface area contributed by atoms with Crippen molar-refractivity contribution < 1.29 is 19.4 Å². The smallest absolute Gasteiger partial charge is 0.300 e. The summed E-state index contributed by atoms with van der Waals surface area (Å²) in [6.45, 7) is 1.52. The molecular formula is C22H17N5O6. The number of rotatable bonds is 5. The van der Waals surface area contributed by atoms with Crippen molar-refractivity contribution in [1.82, 2.24) is 0 Å². The van der Waals surface area contributed by atoms with Crippen LogP contribution in [-0.2, 0) is 4.79 Å². The Morgan fingerprint density at radius 3 is 2.21 bits per heavy atom. The van der Waals surface area contributed by atoms with E-state index >= 15 is 0 Å². The van der Waals surface area contributed by atoms with E-state index in [1.807, 2.05) is 6.92 Å². The molecule has 0 aliphatic carbocycles. The molecule has 0 bridgehead atoms. The summed E-state index contributed by atoms with van der Waals surface area (Å²) in [6, 6.07) is 15.2. The van der Waals surface area contributed by atoms with Crippen LogP contribution in [-0.4, -0.2) is 28.2 Å². The predicted octanol–water partition coefficient (Wildman–Crippen LogP) is 4.15. The van der Waals surface area contributed by atoms with Crippen molar-refractivity contribution in [2.45, 2.75) is 6.92 Å². The number of hydrogen-bond acceptors (Lipinski definition) is 7. The van der Waals surface area contributed by atoms with Gasteiger partial charge >= 0.3 is 11.4 Å². The van der Waals surface area contributed by atoms with E-state index in [2.05, 4.69) is 10.6 Å². The number of nitro groups is 2. The number of aryl methyl sites for hydroxylation is 1. The first-order valence-electron chi connectivity index (χ1n) is 9.76. The summed E-state index contributed by atoms with van der Waals surface area (Å²) >= 11 is 0. The number of anilines is 4. The Labute approximate surface area is 186 Å². The third-order valence-electron chi connectivity index (χ3n) is 5.07. The zero-order chi connectivity index (χ0) is 23.7. The number of carbonyl (C=O) groups is 2. The van der Waals surface area contributed by atoms with Gasteiger partial charge in [-0.3, -0.25) is 34.7 Å². The third-order valence-corrected chi connectivity index (χ3v) is 5.07. The topological polar surface area (TPSA) is 148 Å². The molecule has 1 aliphatic heterocycles. The summed E-state index contributed by atoms with van der Waals surface area (Å²) < 4.78 is 0. The van der Waals surface area contributed by atoms with Crippen LogP contribution in [0.1, 0.15) is 15.9 Å². The van der Waals surface area contributed by atoms with Gasteiger partial charge in [0.25, 0.3) is 5.91 Å². The highest BCUT2D eigenvalue weighted by molar-refractivity contribution is 6.15. The molecule has 33 heavy (non-hydrogen) atoms. The average Bonchev–Trinajstić information content (AvgIpc) is 2.79. The van der Waals surface area contributed by atoms with Gasteiger partial charge in [0.1, 0.15) is 6.54 Å². The van der Waals surface area contributed by atoms with Crippen LogP contribution < -0.4 is 15.5 Å². The number of nitrogens with zero attached hydrogens (tertiary/aromatic N) is 3. The Balaban J connectivity index is 1.81. The minimum atomic E-state index is -0.794. The fraction of sp³-hybridized carbons (Fsp3) is 0.0909.